The van der Waals surface area contributed by atoms with Crippen LogP contribution in [0.2, 0.25) is 16.6 Å². The molecule has 0 fully saturated rings. The van der Waals surface area contributed by atoms with Crippen LogP contribution in [0.5, 0.6) is 5.75 Å². The van der Waals surface area contributed by atoms with E-state index in [1.165, 1.54) is 17.0 Å². The van der Waals surface area contributed by atoms with E-state index in [0.717, 1.165) is 0 Å². The minimum Gasteiger partial charge on any atom is -0.487 e. The molecule has 1 heterocycles. The monoisotopic (exact) mass is 821 g/mol. The Morgan fingerprint density at radius 1 is 0.982 bits per heavy atom. The van der Waals surface area contributed by atoms with Crippen molar-refractivity contribution in [1.29, 1.82) is 0 Å². The first kappa shape index (κ1) is 46.2. The molecule has 0 aliphatic carbocycles. The van der Waals surface area contributed by atoms with Gasteiger partial charge in [0.25, 0.3) is 0 Å². The molecule has 2 amide bonds. The molecule has 0 aromatic heterocycles. The van der Waals surface area contributed by atoms with E-state index in [9.17, 15) is 22.8 Å². The Bertz CT molecular complexity index is 1800. The highest BCUT2D eigenvalue weighted by atomic mass is 32.2. The van der Waals surface area contributed by atoms with Crippen LogP contribution in [-0.2, 0) is 46.7 Å². The Hall–Kier alpha value is -4.15. The number of esters is 1. The maximum Gasteiger partial charge on any atom is 0.422 e. The molecular formula is C40H60FN3O10SSi. The van der Waals surface area contributed by atoms with E-state index in [4.69, 9.17) is 23.4 Å². The second-order valence-corrected chi connectivity index (χ2v) is 23.8. The van der Waals surface area contributed by atoms with E-state index in [0.29, 0.717) is 9.87 Å². The van der Waals surface area contributed by atoms with Crippen molar-refractivity contribution in [2.24, 2.45) is 0 Å². The lowest BCUT2D eigenvalue weighted by Gasteiger charge is -2.43. The number of fused-ring (bicyclic) bond motifs is 1. The fourth-order valence-electron chi connectivity index (χ4n) is 7.19. The SMILES string of the molecule is C=CCOC(=O)NS(=O)(=O)N(CC(=O)OC(C)(C)C)c1c(OCc2ccccc2)cc2c(c1F)C[C@H](CO[Si](C(C)C)(C(C)C)C(C)C)N2C(=O)OC(C)(C)C. The van der Waals surface area contributed by atoms with Crippen molar-refractivity contribution >= 4 is 48.1 Å². The van der Waals surface area contributed by atoms with Gasteiger partial charge in [-0.15, -0.1) is 0 Å². The van der Waals surface area contributed by atoms with Crippen LogP contribution in [-0.4, -0.2) is 71.9 Å². The second-order valence-electron chi connectivity index (χ2n) is 16.7. The Morgan fingerprint density at radius 2 is 1.55 bits per heavy atom. The molecule has 3 rings (SSSR count). The number of hydrogen-bond donors (Lipinski definition) is 1. The van der Waals surface area contributed by atoms with E-state index in [2.05, 4.69) is 48.1 Å². The van der Waals surface area contributed by atoms with Crippen LogP contribution >= 0.6 is 0 Å². The predicted octanol–water partition coefficient (Wildman–Crippen LogP) is 8.57. The molecular weight excluding hydrogens is 762 g/mol. The third-order valence-electron chi connectivity index (χ3n) is 9.18. The fraction of sp³-hybridized carbons (Fsp3) is 0.575. The number of carbonyl (C=O) groups is 3. The zero-order valence-corrected chi connectivity index (χ0v) is 36.7. The van der Waals surface area contributed by atoms with Crippen LogP contribution in [0.4, 0.5) is 25.4 Å². The van der Waals surface area contributed by atoms with E-state index in [-0.39, 0.29) is 59.9 Å². The number of anilines is 2. The lowest BCUT2D eigenvalue weighted by molar-refractivity contribution is -0.152. The van der Waals surface area contributed by atoms with Crippen molar-refractivity contribution < 1.29 is 50.6 Å². The third-order valence-corrected chi connectivity index (χ3v) is 16.6. The third kappa shape index (κ3) is 11.5. The fourth-order valence-corrected chi connectivity index (χ4v) is 13.7. The highest BCUT2D eigenvalue weighted by Crippen LogP contribution is 2.47. The van der Waals surface area contributed by atoms with Gasteiger partial charge in [-0.05, 0) is 63.7 Å². The first-order chi connectivity index (χ1) is 25.8. The number of benzene rings is 2. The summed E-state index contributed by atoms with van der Waals surface area (Å²) in [7, 11) is -7.59. The molecule has 2 aromatic carbocycles. The number of nitrogens with zero attached hydrogens (tertiary/aromatic N) is 2. The largest absolute Gasteiger partial charge is 0.487 e. The smallest absolute Gasteiger partial charge is 0.422 e. The predicted molar refractivity (Wildman–Crippen MR) is 217 cm³/mol. The molecule has 0 bridgehead atoms. The average Bonchev–Trinajstić information content (AvgIpc) is 3.43. The first-order valence-electron chi connectivity index (χ1n) is 18.8. The summed E-state index contributed by atoms with van der Waals surface area (Å²) >= 11 is 0. The van der Waals surface area contributed by atoms with Crippen LogP contribution in [0.25, 0.3) is 0 Å². The van der Waals surface area contributed by atoms with Crippen LogP contribution in [0.15, 0.2) is 49.1 Å². The molecule has 1 aliphatic rings. The molecule has 1 N–H and O–H groups in total. The van der Waals surface area contributed by atoms with E-state index in [1.54, 1.807) is 76.6 Å². The second kappa shape index (κ2) is 18.4. The van der Waals surface area contributed by atoms with Gasteiger partial charge >= 0.3 is 28.4 Å². The number of nitrogens with one attached hydrogen (secondary N) is 1. The van der Waals surface area contributed by atoms with E-state index < -0.39 is 72.0 Å². The lowest BCUT2D eigenvalue weighted by Crippen LogP contribution is -2.51. The molecule has 0 unspecified atom stereocenters. The Morgan fingerprint density at radius 3 is 2.07 bits per heavy atom. The van der Waals surface area contributed by atoms with Gasteiger partial charge in [0.15, 0.2) is 14.1 Å². The number of hydrogen-bond acceptors (Lipinski definition) is 10. The summed E-state index contributed by atoms with van der Waals surface area (Å²) < 4.78 is 77.0. The van der Waals surface area contributed by atoms with Gasteiger partial charge in [0.2, 0.25) is 0 Å². The highest BCUT2D eigenvalue weighted by Gasteiger charge is 2.48. The van der Waals surface area contributed by atoms with Gasteiger partial charge in [-0.1, -0.05) is 84.5 Å². The highest BCUT2D eigenvalue weighted by molar-refractivity contribution is 7.91. The average molecular weight is 822 g/mol. The van der Waals surface area contributed by atoms with Gasteiger partial charge in [0.05, 0.1) is 18.3 Å². The van der Waals surface area contributed by atoms with Crippen molar-refractivity contribution in [2.45, 2.75) is 130 Å². The molecule has 2 aromatic rings. The molecule has 0 saturated carbocycles. The number of rotatable bonds is 16. The van der Waals surface area contributed by atoms with Gasteiger partial charge in [-0.3, -0.25) is 9.69 Å². The topological polar surface area (TPSA) is 150 Å². The van der Waals surface area contributed by atoms with Gasteiger partial charge in [-0.2, -0.15) is 8.42 Å². The summed E-state index contributed by atoms with van der Waals surface area (Å²) in [5.41, 5.74) is -1.35. The molecule has 0 radical (unpaired) electrons. The zero-order chi connectivity index (χ0) is 42.4. The summed E-state index contributed by atoms with van der Waals surface area (Å²) in [6.07, 6.45) is -1.02. The van der Waals surface area contributed by atoms with Crippen molar-refractivity contribution in [3.63, 3.8) is 0 Å². The van der Waals surface area contributed by atoms with Crippen LogP contribution in [0.1, 0.15) is 94.2 Å². The first-order valence-corrected chi connectivity index (χ1v) is 22.4. The Kier molecular flexibility index (Phi) is 15.2. The molecule has 1 atom stereocenters. The maximum absolute atomic E-state index is 17.6. The zero-order valence-electron chi connectivity index (χ0n) is 34.9. The standard InChI is InChI=1S/C40H60FN3O10SSi/c1-14-20-50-37(46)42-55(48,49)43(23-34(45)53-39(8,9)10)36-33(51-24-29-18-16-15-17-19-29)22-32-31(35(36)41)21-30(44(32)38(47)54-40(11,12)13)25-52-56(26(2)3,27(4)5)28(6)7/h14-19,22,26-28,30H,1,20-21,23-25H2,2-13H3,(H,42,46)/t30-/m1/s1. The van der Waals surface area contributed by atoms with E-state index >= 15 is 4.39 Å². The number of halogens is 1. The summed E-state index contributed by atoms with van der Waals surface area (Å²) in [5, 5.41) is 0. The van der Waals surface area contributed by atoms with Crippen molar-refractivity contribution in [3.8, 4) is 5.75 Å². The van der Waals surface area contributed by atoms with Gasteiger partial charge in [-0.25, -0.2) is 23.0 Å². The summed E-state index contributed by atoms with van der Waals surface area (Å²) in [5.74, 6) is -2.49. The molecule has 0 saturated heterocycles. The lowest BCUT2D eigenvalue weighted by atomic mass is 10.1. The Balaban J connectivity index is 2.33. The van der Waals surface area contributed by atoms with E-state index in [1.807, 2.05) is 0 Å². The molecule has 1 aliphatic heterocycles. The number of amides is 2. The summed E-state index contributed by atoms with van der Waals surface area (Å²) in [6, 6.07) is 9.43. The molecule has 0 spiro atoms. The molecule has 13 nitrogen and oxygen atoms in total. The normalized spacial score (nSPS) is 14.8. The summed E-state index contributed by atoms with van der Waals surface area (Å²) in [6.45, 7) is 24.6. The van der Waals surface area contributed by atoms with Gasteiger partial charge in [0.1, 0.15) is 42.4 Å². The minimum absolute atomic E-state index is 0.0419. The van der Waals surface area contributed by atoms with Crippen molar-refractivity contribution in [2.75, 3.05) is 29.0 Å². The van der Waals surface area contributed by atoms with Crippen LogP contribution in [0, 0.1) is 5.82 Å². The molecule has 16 heteroatoms. The molecule has 56 heavy (non-hydrogen) atoms. The van der Waals surface area contributed by atoms with Gasteiger partial charge in [0, 0.05) is 18.1 Å². The van der Waals surface area contributed by atoms with Crippen LogP contribution in [0.3, 0.4) is 0 Å². The minimum atomic E-state index is -5.10. The van der Waals surface area contributed by atoms with Crippen molar-refractivity contribution in [1.82, 2.24) is 4.72 Å². The maximum atomic E-state index is 17.6. The number of carbonyl (C=O) groups excluding carboxylic acids is 3. The van der Waals surface area contributed by atoms with Crippen molar-refractivity contribution in [3.05, 3.63) is 66.0 Å². The number of ether oxygens (including phenoxy) is 4. The summed E-state index contributed by atoms with van der Waals surface area (Å²) in [4.78, 5) is 41.4. The quantitative estimate of drug-likeness (QED) is 0.0755. The van der Waals surface area contributed by atoms with Gasteiger partial charge < -0.3 is 23.4 Å². The Labute approximate surface area is 333 Å². The molecule has 312 valence electrons. The van der Waals surface area contributed by atoms with Crippen LogP contribution < -0.4 is 18.7 Å².